The molecule has 1 aromatic heterocycles. The monoisotopic (exact) mass is 478 g/mol. The summed E-state index contributed by atoms with van der Waals surface area (Å²) in [6, 6.07) is 23.2. The van der Waals surface area contributed by atoms with Crippen LogP contribution in [-0.2, 0) is 17.8 Å². The van der Waals surface area contributed by atoms with Crippen LogP contribution in [0.2, 0.25) is 0 Å². The standard InChI is InChI=1S/C27H26N4O.C2H6.C2H2/c1-2-16-31(27(32)18-21-6-4-3-5-7-21)19-26-29-24-15-12-22(17-25(24)30-26)9-8-20-10-13-23(28)14-11-20;2*1-2/h3-7,10-15,17H,2,16,18-19,28H2,1H3,(H,29,30);1-2H3;1-2H. The van der Waals surface area contributed by atoms with Crippen molar-refractivity contribution in [2.24, 2.45) is 0 Å². The van der Waals surface area contributed by atoms with Crippen molar-refractivity contribution in [2.75, 3.05) is 12.3 Å². The van der Waals surface area contributed by atoms with E-state index in [-0.39, 0.29) is 5.91 Å². The number of benzene rings is 3. The summed E-state index contributed by atoms with van der Waals surface area (Å²) in [6.45, 7) is 7.23. The topological polar surface area (TPSA) is 75.0 Å². The summed E-state index contributed by atoms with van der Waals surface area (Å²) in [7, 11) is 0. The lowest BCUT2D eigenvalue weighted by molar-refractivity contribution is -0.131. The number of imidazole rings is 1. The first-order valence-electron chi connectivity index (χ1n) is 12.1. The Balaban J connectivity index is 0.00000109. The molecule has 1 amide bonds. The summed E-state index contributed by atoms with van der Waals surface area (Å²) in [6.07, 6.45) is 9.29. The summed E-state index contributed by atoms with van der Waals surface area (Å²) >= 11 is 0. The van der Waals surface area contributed by atoms with Gasteiger partial charge < -0.3 is 15.6 Å². The second-order valence-corrected chi connectivity index (χ2v) is 7.77. The fourth-order valence-corrected chi connectivity index (χ4v) is 3.55. The van der Waals surface area contributed by atoms with Gasteiger partial charge in [-0.05, 0) is 54.4 Å². The van der Waals surface area contributed by atoms with Gasteiger partial charge in [0.05, 0.1) is 24.0 Å². The molecule has 0 bridgehead atoms. The number of aromatic amines is 1. The number of fused-ring (bicyclic) bond motifs is 1. The van der Waals surface area contributed by atoms with E-state index in [1.165, 1.54) is 0 Å². The number of carbonyl (C=O) groups is 1. The molecule has 36 heavy (non-hydrogen) atoms. The van der Waals surface area contributed by atoms with E-state index in [4.69, 9.17) is 5.73 Å². The molecule has 3 aromatic carbocycles. The molecule has 0 aliphatic rings. The van der Waals surface area contributed by atoms with Gasteiger partial charge in [0.2, 0.25) is 5.91 Å². The zero-order chi connectivity index (χ0) is 26.3. The van der Waals surface area contributed by atoms with E-state index >= 15 is 0 Å². The Bertz CT molecular complexity index is 1310. The van der Waals surface area contributed by atoms with Crippen LogP contribution in [0.3, 0.4) is 0 Å². The lowest BCUT2D eigenvalue weighted by Crippen LogP contribution is -2.33. The molecular weight excluding hydrogens is 444 g/mol. The van der Waals surface area contributed by atoms with Crippen LogP contribution >= 0.6 is 0 Å². The maximum atomic E-state index is 12.9. The molecule has 5 heteroatoms. The highest BCUT2D eigenvalue weighted by atomic mass is 16.2. The van der Waals surface area contributed by atoms with Crippen LogP contribution in [0.5, 0.6) is 0 Å². The maximum absolute atomic E-state index is 12.9. The second-order valence-electron chi connectivity index (χ2n) is 7.77. The molecule has 4 aromatic rings. The number of nitrogens with zero attached hydrogens (tertiary/aromatic N) is 2. The first kappa shape index (κ1) is 27.8. The van der Waals surface area contributed by atoms with Gasteiger partial charge in [0, 0.05) is 23.4 Å². The van der Waals surface area contributed by atoms with Crippen molar-refractivity contribution in [3.8, 4) is 24.7 Å². The number of rotatable bonds is 6. The molecular formula is C31H34N4O. The number of nitrogens with two attached hydrogens (primary N) is 1. The summed E-state index contributed by atoms with van der Waals surface area (Å²) < 4.78 is 0. The Morgan fingerprint density at radius 2 is 1.61 bits per heavy atom. The zero-order valence-electron chi connectivity index (χ0n) is 21.3. The summed E-state index contributed by atoms with van der Waals surface area (Å²) in [4.78, 5) is 22.8. The molecule has 3 N–H and O–H groups in total. The molecule has 184 valence electrons. The summed E-state index contributed by atoms with van der Waals surface area (Å²) in [5.41, 5.74) is 11.1. The van der Waals surface area contributed by atoms with E-state index in [0.29, 0.717) is 19.5 Å². The molecule has 0 aliphatic heterocycles. The Hall–Kier alpha value is -4.48. The van der Waals surface area contributed by atoms with Crippen LogP contribution in [0.15, 0.2) is 72.8 Å². The number of aromatic nitrogens is 2. The fourth-order valence-electron chi connectivity index (χ4n) is 3.55. The van der Waals surface area contributed by atoms with Crippen LogP contribution in [-0.4, -0.2) is 27.3 Å². The first-order chi connectivity index (χ1) is 17.6. The van der Waals surface area contributed by atoms with E-state index in [0.717, 1.165) is 45.7 Å². The van der Waals surface area contributed by atoms with Crippen molar-refractivity contribution in [1.82, 2.24) is 14.9 Å². The van der Waals surface area contributed by atoms with Crippen molar-refractivity contribution >= 4 is 22.6 Å². The third-order valence-electron chi connectivity index (χ3n) is 5.18. The van der Waals surface area contributed by atoms with Crippen molar-refractivity contribution in [2.45, 2.75) is 40.2 Å². The van der Waals surface area contributed by atoms with Crippen LogP contribution in [0.4, 0.5) is 5.69 Å². The Morgan fingerprint density at radius 1 is 0.972 bits per heavy atom. The number of nitrogen functional groups attached to an aromatic ring is 1. The molecule has 0 unspecified atom stereocenters. The van der Waals surface area contributed by atoms with Crippen molar-refractivity contribution < 1.29 is 4.79 Å². The third-order valence-corrected chi connectivity index (χ3v) is 5.18. The minimum Gasteiger partial charge on any atom is -0.399 e. The average Bonchev–Trinajstić information content (AvgIpc) is 3.33. The fraction of sp³-hybridized carbons (Fsp3) is 0.226. The van der Waals surface area contributed by atoms with Gasteiger partial charge in [0.25, 0.3) is 0 Å². The molecule has 0 radical (unpaired) electrons. The largest absolute Gasteiger partial charge is 0.399 e. The van der Waals surface area contributed by atoms with Gasteiger partial charge in [-0.25, -0.2) is 4.98 Å². The SMILES string of the molecule is C#C.CC.CCCN(Cc1nc2ccc(C#Cc3ccc(N)cc3)cc2[nH]1)C(=O)Cc1ccccc1. The average molecular weight is 479 g/mol. The highest BCUT2D eigenvalue weighted by Gasteiger charge is 2.16. The van der Waals surface area contributed by atoms with Crippen molar-refractivity contribution in [3.63, 3.8) is 0 Å². The number of hydrogen-bond acceptors (Lipinski definition) is 3. The van der Waals surface area contributed by atoms with Gasteiger partial charge in [0.15, 0.2) is 0 Å². The van der Waals surface area contributed by atoms with E-state index in [2.05, 4.69) is 41.6 Å². The molecule has 5 nitrogen and oxygen atoms in total. The van der Waals surface area contributed by atoms with E-state index in [9.17, 15) is 4.79 Å². The minimum absolute atomic E-state index is 0.105. The summed E-state index contributed by atoms with van der Waals surface area (Å²) in [5, 5.41) is 0. The first-order valence-corrected chi connectivity index (χ1v) is 12.1. The normalized spacial score (nSPS) is 9.58. The predicted molar refractivity (Wildman–Crippen MR) is 150 cm³/mol. The van der Waals surface area contributed by atoms with Gasteiger partial charge in [-0.2, -0.15) is 0 Å². The number of terminal acetylenes is 1. The number of anilines is 1. The Morgan fingerprint density at radius 3 is 2.28 bits per heavy atom. The zero-order valence-corrected chi connectivity index (χ0v) is 21.3. The second kappa shape index (κ2) is 14.7. The lowest BCUT2D eigenvalue weighted by Gasteiger charge is -2.21. The molecule has 0 aliphatic carbocycles. The molecule has 1 heterocycles. The van der Waals surface area contributed by atoms with Gasteiger partial charge in [-0.1, -0.05) is 62.9 Å². The third kappa shape index (κ3) is 8.08. The minimum atomic E-state index is 0.105. The smallest absolute Gasteiger partial charge is 0.227 e. The number of nitrogens with one attached hydrogen (secondary N) is 1. The Labute approximate surface area is 214 Å². The van der Waals surface area contributed by atoms with Crippen molar-refractivity contribution in [1.29, 1.82) is 0 Å². The number of carbonyl (C=O) groups excluding carboxylic acids is 1. The van der Waals surface area contributed by atoms with Gasteiger partial charge in [-0.15, -0.1) is 12.8 Å². The van der Waals surface area contributed by atoms with Gasteiger partial charge >= 0.3 is 0 Å². The van der Waals surface area contributed by atoms with Gasteiger partial charge in [0.1, 0.15) is 5.82 Å². The number of hydrogen-bond donors (Lipinski definition) is 2. The number of H-pyrrole nitrogens is 1. The molecule has 0 saturated carbocycles. The molecule has 0 atom stereocenters. The lowest BCUT2D eigenvalue weighted by atomic mass is 10.1. The van der Waals surface area contributed by atoms with Crippen LogP contribution < -0.4 is 5.73 Å². The van der Waals surface area contributed by atoms with Crippen LogP contribution in [0.1, 0.15) is 49.7 Å². The van der Waals surface area contributed by atoms with E-state index < -0.39 is 0 Å². The van der Waals surface area contributed by atoms with Gasteiger partial charge in [-0.3, -0.25) is 4.79 Å². The highest BCUT2D eigenvalue weighted by Crippen LogP contribution is 2.16. The molecule has 0 fully saturated rings. The maximum Gasteiger partial charge on any atom is 0.227 e. The predicted octanol–water partition coefficient (Wildman–Crippen LogP) is 5.80. The summed E-state index contributed by atoms with van der Waals surface area (Å²) in [5.74, 6) is 7.22. The van der Waals surface area contributed by atoms with Crippen LogP contribution in [0, 0.1) is 24.7 Å². The molecule has 0 spiro atoms. The van der Waals surface area contributed by atoms with Crippen molar-refractivity contribution in [3.05, 3.63) is 95.3 Å². The molecule has 0 saturated heterocycles. The van der Waals surface area contributed by atoms with E-state index in [1.54, 1.807) is 0 Å². The van der Waals surface area contributed by atoms with Crippen LogP contribution in [0.25, 0.3) is 11.0 Å². The quantitative estimate of drug-likeness (QED) is 0.272. The Kier molecular flexibility index (Phi) is 11.3. The molecule has 4 rings (SSSR count). The highest BCUT2D eigenvalue weighted by molar-refractivity contribution is 5.79. The number of amides is 1. The van der Waals surface area contributed by atoms with E-state index in [1.807, 2.05) is 91.5 Å².